The first kappa shape index (κ1) is 14.6. The first-order valence-corrected chi connectivity index (χ1v) is 7.55. The number of imide groups is 1. The number of rotatable bonds is 4. The van der Waals surface area contributed by atoms with Gasteiger partial charge in [0.1, 0.15) is 6.04 Å². The zero-order valence-corrected chi connectivity index (χ0v) is 12.5. The van der Waals surface area contributed by atoms with Gasteiger partial charge in [0.15, 0.2) is 0 Å². The highest BCUT2D eigenvalue weighted by Crippen LogP contribution is 2.27. The summed E-state index contributed by atoms with van der Waals surface area (Å²) in [5.74, 6) is -0.222. The Morgan fingerprint density at radius 3 is 2.91 bits per heavy atom. The van der Waals surface area contributed by atoms with Crippen LogP contribution in [0, 0.1) is 0 Å². The van der Waals surface area contributed by atoms with Crippen LogP contribution in [0.5, 0.6) is 0 Å². The molecule has 1 N–H and O–H groups in total. The van der Waals surface area contributed by atoms with Gasteiger partial charge in [-0.05, 0) is 37.0 Å². The highest BCUT2D eigenvalue weighted by Gasteiger charge is 2.46. The van der Waals surface area contributed by atoms with Gasteiger partial charge in [-0.3, -0.25) is 14.5 Å². The van der Waals surface area contributed by atoms with Crippen LogP contribution in [0.4, 0.5) is 4.79 Å². The lowest BCUT2D eigenvalue weighted by molar-refractivity contribution is -0.127. The maximum atomic E-state index is 12.2. The molecule has 2 aliphatic rings. The quantitative estimate of drug-likeness (QED) is 0.844. The molecule has 0 bridgehead atoms. The normalized spacial score (nSPS) is 20.5. The number of nitrogens with one attached hydrogen (secondary N) is 1. The molecule has 2 aliphatic heterocycles. The van der Waals surface area contributed by atoms with Gasteiger partial charge in [0.25, 0.3) is 11.8 Å². The van der Waals surface area contributed by atoms with E-state index in [9.17, 15) is 14.4 Å². The molecule has 22 heavy (non-hydrogen) atoms. The van der Waals surface area contributed by atoms with Crippen molar-refractivity contribution in [1.29, 1.82) is 0 Å². The third-order valence-corrected chi connectivity index (χ3v) is 4.32. The first-order chi connectivity index (χ1) is 10.6. The van der Waals surface area contributed by atoms with Crippen molar-refractivity contribution in [2.45, 2.75) is 25.3 Å². The fourth-order valence-electron chi connectivity index (χ4n) is 3.14. The van der Waals surface area contributed by atoms with E-state index in [1.807, 2.05) is 12.1 Å². The van der Waals surface area contributed by atoms with Crippen LogP contribution in [-0.2, 0) is 11.2 Å². The highest BCUT2D eigenvalue weighted by molar-refractivity contribution is 6.04. The molecule has 2 saturated heterocycles. The molecule has 6 nitrogen and oxygen atoms in total. The Labute approximate surface area is 129 Å². The van der Waals surface area contributed by atoms with E-state index in [1.165, 1.54) is 4.90 Å². The van der Waals surface area contributed by atoms with Crippen LogP contribution < -0.4 is 5.32 Å². The molecule has 1 aromatic carbocycles. The number of amides is 4. The average Bonchev–Trinajstić information content (AvgIpc) is 3.10. The minimum atomic E-state index is -0.246. The van der Waals surface area contributed by atoms with Crippen molar-refractivity contribution in [3.05, 3.63) is 35.4 Å². The summed E-state index contributed by atoms with van der Waals surface area (Å²) in [6.45, 7) is 1.04. The molecule has 2 fully saturated rings. The number of benzene rings is 1. The van der Waals surface area contributed by atoms with Crippen LogP contribution in [0.25, 0.3) is 0 Å². The Balaban J connectivity index is 1.67. The van der Waals surface area contributed by atoms with Crippen molar-refractivity contribution in [1.82, 2.24) is 15.1 Å². The van der Waals surface area contributed by atoms with Gasteiger partial charge in [-0.1, -0.05) is 12.1 Å². The second-order valence-corrected chi connectivity index (χ2v) is 5.65. The van der Waals surface area contributed by atoms with E-state index in [0.29, 0.717) is 25.1 Å². The molecule has 4 amide bonds. The third-order valence-electron chi connectivity index (χ3n) is 4.32. The molecule has 3 rings (SSSR count). The van der Waals surface area contributed by atoms with Gasteiger partial charge in [-0.25, -0.2) is 4.79 Å². The second kappa shape index (κ2) is 5.79. The van der Waals surface area contributed by atoms with Gasteiger partial charge >= 0.3 is 6.03 Å². The number of nitrogens with zero attached hydrogens (tertiary/aromatic N) is 2. The van der Waals surface area contributed by atoms with Crippen LogP contribution >= 0.6 is 0 Å². The molecule has 0 aromatic heterocycles. The number of carbonyl (C=O) groups excluding carboxylic acids is 3. The zero-order chi connectivity index (χ0) is 15.7. The number of hydrogen-bond acceptors (Lipinski definition) is 3. The van der Waals surface area contributed by atoms with Crippen LogP contribution in [0.15, 0.2) is 24.3 Å². The van der Waals surface area contributed by atoms with Gasteiger partial charge in [-0.2, -0.15) is 0 Å². The molecule has 2 heterocycles. The number of hydrogen-bond donors (Lipinski definition) is 1. The van der Waals surface area contributed by atoms with Crippen molar-refractivity contribution in [3.8, 4) is 0 Å². The number of urea groups is 1. The molecule has 116 valence electrons. The van der Waals surface area contributed by atoms with E-state index in [1.54, 1.807) is 24.1 Å². The van der Waals surface area contributed by atoms with Crippen LogP contribution in [-0.4, -0.2) is 53.8 Å². The van der Waals surface area contributed by atoms with Gasteiger partial charge in [0.2, 0.25) is 0 Å². The molecule has 0 radical (unpaired) electrons. The van der Waals surface area contributed by atoms with E-state index in [4.69, 9.17) is 0 Å². The maximum Gasteiger partial charge on any atom is 0.327 e. The van der Waals surface area contributed by atoms with Gasteiger partial charge in [0.05, 0.1) is 0 Å². The van der Waals surface area contributed by atoms with E-state index < -0.39 is 0 Å². The molecular weight excluding hydrogens is 282 g/mol. The molecule has 0 spiro atoms. The van der Waals surface area contributed by atoms with Gasteiger partial charge in [0, 0.05) is 25.7 Å². The predicted molar refractivity (Wildman–Crippen MR) is 80.4 cm³/mol. The molecular formula is C16H19N3O3. The van der Waals surface area contributed by atoms with Gasteiger partial charge in [-0.15, -0.1) is 0 Å². The summed E-state index contributed by atoms with van der Waals surface area (Å²) in [7, 11) is 1.59. The fraction of sp³-hybridized carbons (Fsp3) is 0.438. The Morgan fingerprint density at radius 1 is 1.36 bits per heavy atom. The van der Waals surface area contributed by atoms with Gasteiger partial charge < -0.3 is 10.2 Å². The summed E-state index contributed by atoms with van der Waals surface area (Å²) >= 11 is 0. The fourth-order valence-corrected chi connectivity index (χ4v) is 3.14. The van der Waals surface area contributed by atoms with E-state index in [0.717, 1.165) is 18.4 Å². The van der Waals surface area contributed by atoms with Crippen LogP contribution in [0.3, 0.4) is 0 Å². The average molecular weight is 301 g/mol. The van der Waals surface area contributed by atoms with E-state index in [2.05, 4.69) is 5.32 Å². The van der Waals surface area contributed by atoms with Crippen molar-refractivity contribution >= 4 is 17.8 Å². The third kappa shape index (κ3) is 2.45. The Bertz CT molecular complexity index is 607. The summed E-state index contributed by atoms with van der Waals surface area (Å²) in [5.41, 5.74) is 1.52. The van der Waals surface area contributed by atoms with Crippen LogP contribution in [0.2, 0.25) is 0 Å². The van der Waals surface area contributed by atoms with Crippen LogP contribution in [0.1, 0.15) is 28.8 Å². The lowest BCUT2D eigenvalue weighted by atomic mass is 10.1. The second-order valence-electron chi connectivity index (χ2n) is 5.65. The van der Waals surface area contributed by atoms with Crippen molar-refractivity contribution in [2.24, 2.45) is 0 Å². The monoisotopic (exact) mass is 301 g/mol. The van der Waals surface area contributed by atoms with Crippen molar-refractivity contribution in [3.63, 3.8) is 0 Å². The minimum absolute atomic E-state index is 0.0787. The molecule has 0 saturated carbocycles. The zero-order valence-electron chi connectivity index (χ0n) is 12.5. The molecule has 6 heteroatoms. The van der Waals surface area contributed by atoms with Crippen molar-refractivity contribution < 1.29 is 14.4 Å². The standard InChI is InChI=1S/C16H19N3O3/c1-17-14(20)12-5-2-4-11(10-12)7-9-19-15(21)13-6-3-8-18(13)16(19)22/h2,4-5,10,13H,3,6-9H2,1H3,(H,17,20)/t13-/m0/s1. The highest BCUT2D eigenvalue weighted by atomic mass is 16.2. The topological polar surface area (TPSA) is 69.7 Å². The molecule has 1 aromatic rings. The molecule has 0 unspecified atom stereocenters. The number of carbonyl (C=O) groups is 3. The summed E-state index contributed by atoms with van der Waals surface area (Å²) in [6.07, 6.45) is 2.24. The Kier molecular flexibility index (Phi) is 3.83. The largest absolute Gasteiger partial charge is 0.355 e. The van der Waals surface area contributed by atoms with Crippen molar-refractivity contribution in [2.75, 3.05) is 20.1 Å². The lowest BCUT2D eigenvalue weighted by Gasteiger charge is -2.15. The van der Waals surface area contributed by atoms with E-state index >= 15 is 0 Å². The molecule has 0 aliphatic carbocycles. The summed E-state index contributed by atoms with van der Waals surface area (Å²) < 4.78 is 0. The van der Waals surface area contributed by atoms with E-state index in [-0.39, 0.29) is 23.9 Å². The maximum absolute atomic E-state index is 12.2. The Morgan fingerprint density at radius 2 is 2.18 bits per heavy atom. The molecule has 1 atom stereocenters. The summed E-state index contributed by atoms with van der Waals surface area (Å²) in [5, 5.41) is 2.58. The number of fused-ring (bicyclic) bond motifs is 1. The minimum Gasteiger partial charge on any atom is -0.355 e. The summed E-state index contributed by atoms with van der Waals surface area (Å²) in [4.78, 5) is 39.1. The smallest absolute Gasteiger partial charge is 0.327 e. The predicted octanol–water partition coefficient (Wildman–Crippen LogP) is 1.02. The lowest BCUT2D eigenvalue weighted by Crippen LogP contribution is -2.34. The SMILES string of the molecule is CNC(=O)c1cccc(CCN2C(=O)[C@@H]3CCCN3C2=O)c1. The summed E-state index contributed by atoms with van der Waals surface area (Å²) in [6, 6.07) is 6.83. The first-order valence-electron chi connectivity index (χ1n) is 7.55. The Hall–Kier alpha value is -2.37.